The van der Waals surface area contributed by atoms with Crippen molar-refractivity contribution in [2.24, 2.45) is 0 Å². The molecular weight excluding hydrogens is 294 g/mol. The maximum atomic E-state index is 0. The quantitative estimate of drug-likeness (QED) is 0.307. The van der Waals surface area contributed by atoms with Crippen LogP contribution in [0.5, 0.6) is 0 Å². The van der Waals surface area contributed by atoms with E-state index < -0.39 is 0 Å². The summed E-state index contributed by atoms with van der Waals surface area (Å²) in [7, 11) is 0. The third-order valence-corrected chi connectivity index (χ3v) is 0. The molecule has 0 amide bonds. The number of halogens is 3. The standard InChI is InChI=1S/2BrH.I.Li/h2*1H;;/q;;2*+1/p-2. The fourth-order valence-corrected chi connectivity index (χ4v) is 0. The summed E-state index contributed by atoms with van der Waals surface area (Å²) >= 11 is 0. The first-order valence-corrected chi connectivity index (χ1v) is 0. The molecule has 0 fully saturated rings. The zero-order valence-electron chi connectivity index (χ0n) is 2.13. The van der Waals surface area contributed by atoms with Crippen LogP contribution >= 0.6 is 0 Å². The van der Waals surface area contributed by atoms with E-state index in [9.17, 15) is 0 Å². The van der Waals surface area contributed by atoms with Crippen molar-refractivity contribution < 1.29 is 76.8 Å². The Kier molecular flexibility index (Phi) is 156. The molecule has 0 atom stereocenters. The Morgan fingerprint density at radius 2 is 0.750 bits per heavy atom. The molecule has 2 radical (unpaired) electrons. The molecule has 0 heterocycles. The van der Waals surface area contributed by atoms with E-state index in [-0.39, 0.29) is 76.8 Å². The fraction of sp³-hybridized carbons (Fsp3) is 0. The van der Waals surface area contributed by atoms with Gasteiger partial charge in [0.25, 0.3) is 0 Å². The second kappa shape index (κ2) is 18.6. The van der Waals surface area contributed by atoms with Gasteiger partial charge in [-0.1, -0.05) is 0 Å². The van der Waals surface area contributed by atoms with Crippen LogP contribution in [0.15, 0.2) is 0 Å². The Balaban J connectivity index is 0. The van der Waals surface area contributed by atoms with E-state index >= 15 is 0 Å². The third kappa shape index (κ3) is 8.86. The maximum Gasteiger partial charge on any atom is 1.00 e. The molecule has 0 saturated carbocycles. The minimum atomic E-state index is 0. The van der Waals surface area contributed by atoms with E-state index in [1.54, 1.807) is 0 Å². The molecule has 0 unspecified atom stereocenters. The van der Waals surface area contributed by atoms with Crippen LogP contribution in [-0.2, 0) is 0 Å². The summed E-state index contributed by atoms with van der Waals surface area (Å²) in [4.78, 5) is 0. The van der Waals surface area contributed by atoms with Gasteiger partial charge in [0.1, 0.15) is 0 Å². The van der Waals surface area contributed by atoms with Gasteiger partial charge >= 0.3 is 42.8 Å². The topological polar surface area (TPSA) is 0 Å². The van der Waals surface area contributed by atoms with Crippen molar-refractivity contribution in [3.8, 4) is 0 Å². The van der Waals surface area contributed by atoms with E-state index in [1.165, 1.54) is 0 Å². The Morgan fingerprint density at radius 1 is 0.750 bits per heavy atom. The number of hydrogen-bond acceptors (Lipinski definition) is 0. The smallest absolute Gasteiger partial charge is 1.00 e. The van der Waals surface area contributed by atoms with Gasteiger partial charge < -0.3 is 34.0 Å². The van der Waals surface area contributed by atoms with E-state index in [0.29, 0.717) is 0 Å². The summed E-state index contributed by atoms with van der Waals surface area (Å²) in [5.74, 6) is 0. The van der Waals surface area contributed by atoms with Gasteiger partial charge in [0.2, 0.25) is 0 Å². The van der Waals surface area contributed by atoms with Crippen molar-refractivity contribution in [2.45, 2.75) is 0 Å². The van der Waals surface area contributed by atoms with Crippen LogP contribution in [0.25, 0.3) is 0 Å². The SMILES string of the molecule is [Br-].[Br-].[I+].[Li+]. The molecular formula is Br2ILi. The average molecular weight is 294 g/mol. The third-order valence-electron chi connectivity index (χ3n) is 0. The predicted molar refractivity (Wildman–Crippen MR) is 0 cm³/mol. The van der Waals surface area contributed by atoms with Crippen LogP contribution in [0.4, 0.5) is 0 Å². The minimum Gasteiger partial charge on any atom is -1.00 e. The molecule has 0 bridgehead atoms. The Labute approximate surface area is 75.8 Å². The molecule has 4 heteroatoms. The van der Waals surface area contributed by atoms with E-state index in [1.807, 2.05) is 0 Å². The van der Waals surface area contributed by atoms with Crippen LogP contribution in [0, 0.1) is 0 Å². The molecule has 22 valence electrons. The van der Waals surface area contributed by atoms with Crippen LogP contribution in [0.1, 0.15) is 0 Å². The molecule has 4 heavy (non-hydrogen) atoms. The largest absolute Gasteiger partial charge is 1.00 e. The molecule has 0 nitrogen and oxygen atoms in total. The normalized spacial score (nSPS) is 0. The first kappa shape index (κ1) is 33.6. The first-order valence-electron chi connectivity index (χ1n) is 0. The van der Waals surface area contributed by atoms with E-state index in [2.05, 4.69) is 0 Å². The number of hydrogen-bond donors (Lipinski definition) is 0. The molecule has 0 aliphatic heterocycles. The monoisotopic (exact) mass is 292 g/mol. The molecule has 0 aliphatic carbocycles. The average Bonchev–Trinajstić information content (AvgIpc) is 0. The summed E-state index contributed by atoms with van der Waals surface area (Å²) < 4.78 is 0. The van der Waals surface area contributed by atoms with Crippen LogP contribution < -0.4 is 76.8 Å². The summed E-state index contributed by atoms with van der Waals surface area (Å²) in [6, 6.07) is 0. The van der Waals surface area contributed by atoms with Crippen molar-refractivity contribution in [3.63, 3.8) is 0 Å². The molecule has 0 aromatic carbocycles. The van der Waals surface area contributed by atoms with Gasteiger partial charge in [0.15, 0.2) is 0 Å². The summed E-state index contributed by atoms with van der Waals surface area (Å²) in [5, 5.41) is 0. The minimum absolute atomic E-state index is 0. The van der Waals surface area contributed by atoms with Gasteiger partial charge in [-0.05, 0) is 0 Å². The summed E-state index contributed by atoms with van der Waals surface area (Å²) in [6.07, 6.45) is 0. The van der Waals surface area contributed by atoms with Crippen molar-refractivity contribution in [1.29, 1.82) is 0 Å². The molecule has 0 rings (SSSR count). The fourth-order valence-electron chi connectivity index (χ4n) is 0. The zero-order valence-corrected chi connectivity index (χ0v) is 7.46. The maximum absolute atomic E-state index is 0. The molecule has 0 saturated heterocycles. The van der Waals surface area contributed by atoms with Crippen LogP contribution in [0.2, 0.25) is 0 Å². The number of rotatable bonds is 0. The van der Waals surface area contributed by atoms with Crippen LogP contribution in [-0.4, -0.2) is 0 Å². The van der Waals surface area contributed by atoms with Crippen LogP contribution in [0.3, 0.4) is 0 Å². The zero-order chi connectivity index (χ0) is 0. The van der Waals surface area contributed by atoms with Gasteiger partial charge in [0, 0.05) is 0 Å². The van der Waals surface area contributed by atoms with Crippen molar-refractivity contribution in [2.75, 3.05) is 0 Å². The second-order valence-corrected chi connectivity index (χ2v) is 0. The Bertz CT molecular complexity index is 6.00. The molecule has 0 N–H and O–H groups in total. The summed E-state index contributed by atoms with van der Waals surface area (Å²) in [5.41, 5.74) is 0. The van der Waals surface area contributed by atoms with E-state index in [4.69, 9.17) is 0 Å². The van der Waals surface area contributed by atoms with Gasteiger partial charge in [-0.2, -0.15) is 0 Å². The van der Waals surface area contributed by atoms with Gasteiger partial charge in [-0.3, -0.25) is 0 Å². The molecule has 0 aliphatic rings. The van der Waals surface area contributed by atoms with Crippen molar-refractivity contribution >= 4 is 0 Å². The Morgan fingerprint density at radius 3 is 0.750 bits per heavy atom. The molecule has 0 aromatic heterocycles. The van der Waals surface area contributed by atoms with Crippen molar-refractivity contribution in [3.05, 3.63) is 0 Å². The van der Waals surface area contributed by atoms with Gasteiger partial charge in [0.05, 0.1) is 0 Å². The molecule has 0 aromatic rings. The predicted octanol–water partition coefficient (Wildman–Crippen LogP) is -12.0. The van der Waals surface area contributed by atoms with Crippen molar-refractivity contribution in [1.82, 2.24) is 0 Å². The van der Waals surface area contributed by atoms with Gasteiger partial charge in [-0.25, -0.2) is 0 Å². The second-order valence-electron chi connectivity index (χ2n) is 0. The van der Waals surface area contributed by atoms with Gasteiger partial charge in [-0.15, -0.1) is 0 Å². The molecule has 0 spiro atoms. The first-order chi connectivity index (χ1) is 0. The Hall–Kier alpha value is 2.29. The summed E-state index contributed by atoms with van der Waals surface area (Å²) in [6.45, 7) is 0. The van der Waals surface area contributed by atoms with E-state index in [0.717, 1.165) is 0 Å².